The minimum absolute atomic E-state index is 0.130. The van der Waals surface area contributed by atoms with Gasteiger partial charge in [-0.3, -0.25) is 0 Å². The molecule has 0 spiro atoms. The molecule has 0 amide bonds. The van der Waals surface area contributed by atoms with Gasteiger partial charge in [-0.2, -0.15) is 0 Å². The summed E-state index contributed by atoms with van der Waals surface area (Å²) in [6.07, 6.45) is -0.832. The molecule has 1 aromatic carbocycles. The fourth-order valence-electron chi connectivity index (χ4n) is 1.53. The summed E-state index contributed by atoms with van der Waals surface area (Å²) in [4.78, 5) is 0.130. The van der Waals surface area contributed by atoms with Crippen LogP contribution in [0, 0.1) is 5.41 Å². The minimum atomic E-state index is -3.54. The zero-order chi connectivity index (χ0) is 13.3. The molecule has 5 heteroatoms. The van der Waals surface area contributed by atoms with Crippen molar-refractivity contribution in [3.63, 3.8) is 0 Å². The molecule has 0 radical (unpaired) electrons. The zero-order valence-electron chi connectivity index (χ0n) is 10.6. The predicted octanol–water partition coefficient (Wildman–Crippen LogP) is 1.67. The Morgan fingerprint density at radius 2 is 1.76 bits per heavy atom. The Labute approximate surface area is 103 Å². The lowest BCUT2D eigenvalue weighted by Gasteiger charge is -2.27. The smallest absolute Gasteiger partial charge is 0.240 e. The summed E-state index contributed by atoms with van der Waals surface area (Å²) < 4.78 is 25.9. The van der Waals surface area contributed by atoms with Crippen LogP contribution in [0.2, 0.25) is 0 Å². The quantitative estimate of drug-likeness (QED) is 0.865. The highest BCUT2D eigenvalue weighted by molar-refractivity contribution is 7.89. The average Bonchev–Trinajstić information content (AvgIpc) is 2.27. The van der Waals surface area contributed by atoms with Crippen LogP contribution < -0.4 is 4.72 Å². The molecule has 0 aliphatic carbocycles. The highest BCUT2D eigenvalue weighted by Gasteiger charge is 2.28. The summed E-state index contributed by atoms with van der Waals surface area (Å²) >= 11 is 0. The van der Waals surface area contributed by atoms with Crippen LogP contribution in [-0.4, -0.2) is 20.6 Å². The maximum Gasteiger partial charge on any atom is 0.240 e. The summed E-state index contributed by atoms with van der Waals surface area (Å²) in [5.41, 5.74) is 0.00803. The monoisotopic (exact) mass is 257 g/mol. The number of hydrogen-bond acceptors (Lipinski definition) is 3. The van der Waals surface area contributed by atoms with Crippen molar-refractivity contribution in [1.82, 2.24) is 4.72 Å². The summed E-state index contributed by atoms with van der Waals surface area (Å²) in [6, 6.07) is 6.50. The highest BCUT2D eigenvalue weighted by atomic mass is 32.2. The molecule has 0 aliphatic heterocycles. The molecule has 1 aromatic rings. The molecule has 0 aliphatic rings. The predicted molar refractivity (Wildman–Crippen MR) is 67.1 cm³/mol. The standard InChI is InChI=1S/C12H19NO3S/c1-12(2,3)11(14)9-7-5-6-8-10(9)17(15,16)13-4/h5-8,11,13-14H,1-4H3/t11-/m0/s1. The summed E-state index contributed by atoms with van der Waals surface area (Å²) in [7, 11) is -2.19. The van der Waals surface area contributed by atoms with Crippen LogP contribution >= 0.6 is 0 Å². The maximum absolute atomic E-state index is 11.8. The van der Waals surface area contributed by atoms with E-state index in [-0.39, 0.29) is 4.90 Å². The first-order chi connectivity index (χ1) is 7.70. The van der Waals surface area contributed by atoms with E-state index in [2.05, 4.69) is 4.72 Å². The molecule has 17 heavy (non-hydrogen) atoms. The van der Waals surface area contributed by atoms with Gasteiger partial charge >= 0.3 is 0 Å². The Morgan fingerprint density at radius 3 is 2.24 bits per heavy atom. The van der Waals surface area contributed by atoms with Crippen molar-refractivity contribution in [2.24, 2.45) is 5.41 Å². The van der Waals surface area contributed by atoms with Gasteiger partial charge in [0.1, 0.15) is 0 Å². The Hall–Kier alpha value is -0.910. The third-order valence-corrected chi connectivity index (χ3v) is 4.08. The second kappa shape index (κ2) is 4.76. The fourth-order valence-corrected chi connectivity index (χ4v) is 2.50. The molecule has 96 valence electrons. The van der Waals surface area contributed by atoms with Crippen molar-refractivity contribution in [2.75, 3.05) is 7.05 Å². The lowest BCUT2D eigenvalue weighted by Crippen LogP contribution is -2.24. The molecular formula is C12H19NO3S. The van der Waals surface area contributed by atoms with Gasteiger partial charge in [-0.1, -0.05) is 39.0 Å². The maximum atomic E-state index is 11.8. The third kappa shape index (κ3) is 3.06. The summed E-state index contributed by atoms with van der Waals surface area (Å²) in [5, 5.41) is 10.2. The molecule has 0 heterocycles. The van der Waals surface area contributed by atoms with Gasteiger partial charge in [0.25, 0.3) is 0 Å². The van der Waals surface area contributed by atoms with Gasteiger partial charge in [0.2, 0.25) is 10.0 Å². The van der Waals surface area contributed by atoms with E-state index in [9.17, 15) is 13.5 Å². The first-order valence-electron chi connectivity index (χ1n) is 5.40. The van der Waals surface area contributed by atoms with Crippen molar-refractivity contribution < 1.29 is 13.5 Å². The molecule has 1 atom stereocenters. The van der Waals surface area contributed by atoms with Gasteiger partial charge in [-0.25, -0.2) is 13.1 Å². The Morgan fingerprint density at radius 1 is 1.24 bits per heavy atom. The van der Waals surface area contributed by atoms with Gasteiger partial charge in [-0.05, 0) is 18.5 Å². The molecule has 0 saturated heterocycles. The number of benzene rings is 1. The van der Waals surface area contributed by atoms with E-state index in [1.807, 2.05) is 20.8 Å². The van der Waals surface area contributed by atoms with E-state index in [0.29, 0.717) is 5.56 Å². The van der Waals surface area contributed by atoms with Crippen LogP contribution in [0.1, 0.15) is 32.4 Å². The van der Waals surface area contributed by atoms with Crippen LogP contribution in [0.15, 0.2) is 29.2 Å². The second-order valence-corrected chi connectivity index (χ2v) is 6.87. The van der Waals surface area contributed by atoms with Crippen molar-refractivity contribution in [1.29, 1.82) is 0 Å². The van der Waals surface area contributed by atoms with Crippen molar-refractivity contribution in [2.45, 2.75) is 31.8 Å². The van der Waals surface area contributed by atoms with E-state index >= 15 is 0 Å². The van der Waals surface area contributed by atoms with E-state index in [1.54, 1.807) is 18.2 Å². The molecular weight excluding hydrogens is 238 g/mol. The summed E-state index contributed by atoms with van der Waals surface area (Å²) in [5.74, 6) is 0. The number of nitrogens with one attached hydrogen (secondary N) is 1. The van der Waals surface area contributed by atoms with Gasteiger partial charge < -0.3 is 5.11 Å². The molecule has 0 aromatic heterocycles. The van der Waals surface area contributed by atoms with Crippen molar-refractivity contribution >= 4 is 10.0 Å². The van der Waals surface area contributed by atoms with E-state index < -0.39 is 21.5 Å². The molecule has 0 unspecified atom stereocenters. The van der Waals surface area contributed by atoms with Crippen molar-refractivity contribution in [3.8, 4) is 0 Å². The second-order valence-electron chi connectivity index (χ2n) is 5.01. The van der Waals surface area contributed by atoms with Crippen LogP contribution in [0.4, 0.5) is 0 Å². The SMILES string of the molecule is CNS(=O)(=O)c1ccccc1[C@H](O)C(C)(C)C. The van der Waals surface area contributed by atoms with Crippen LogP contribution in [0.25, 0.3) is 0 Å². The largest absolute Gasteiger partial charge is 0.388 e. The number of hydrogen-bond donors (Lipinski definition) is 2. The number of aliphatic hydroxyl groups excluding tert-OH is 1. The molecule has 0 fully saturated rings. The average molecular weight is 257 g/mol. The number of aliphatic hydroxyl groups is 1. The van der Waals surface area contributed by atoms with E-state index in [4.69, 9.17) is 0 Å². The molecule has 0 saturated carbocycles. The molecule has 1 rings (SSSR count). The molecule has 4 nitrogen and oxygen atoms in total. The topological polar surface area (TPSA) is 66.4 Å². The van der Waals surface area contributed by atoms with Crippen LogP contribution in [0.5, 0.6) is 0 Å². The van der Waals surface area contributed by atoms with Gasteiger partial charge in [0.05, 0.1) is 11.0 Å². The third-order valence-electron chi connectivity index (χ3n) is 2.59. The Bertz CT molecular complexity index is 489. The lowest BCUT2D eigenvalue weighted by molar-refractivity contribution is 0.0602. The Kier molecular flexibility index (Phi) is 3.96. The lowest BCUT2D eigenvalue weighted by atomic mass is 9.85. The molecule has 2 N–H and O–H groups in total. The van der Waals surface area contributed by atoms with Crippen molar-refractivity contribution in [3.05, 3.63) is 29.8 Å². The first-order valence-corrected chi connectivity index (χ1v) is 6.89. The number of sulfonamides is 1. The Balaban J connectivity index is 3.37. The fraction of sp³-hybridized carbons (Fsp3) is 0.500. The van der Waals surface area contributed by atoms with E-state index in [1.165, 1.54) is 13.1 Å². The molecule has 0 bridgehead atoms. The first kappa shape index (κ1) is 14.2. The van der Waals surface area contributed by atoms with Gasteiger partial charge in [-0.15, -0.1) is 0 Å². The normalized spacial score (nSPS) is 14.6. The van der Waals surface area contributed by atoms with Gasteiger partial charge in [0.15, 0.2) is 0 Å². The highest BCUT2D eigenvalue weighted by Crippen LogP contribution is 2.35. The van der Waals surface area contributed by atoms with Crippen LogP contribution in [0.3, 0.4) is 0 Å². The zero-order valence-corrected chi connectivity index (χ0v) is 11.4. The summed E-state index contributed by atoms with van der Waals surface area (Å²) in [6.45, 7) is 5.58. The van der Waals surface area contributed by atoms with Gasteiger partial charge in [0, 0.05) is 5.56 Å². The number of rotatable bonds is 3. The van der Waals surface area contributed by atoms with Crippen LogP contribution in [-0.2, 0) is 10.0 Å². The minimum Gasteiger partial charge on any atom is -0.388 e. The van der Waals surface area contributed by atoms with E-state index in [0.717, 1.165) is 0 Å².